The third-order valence-corrected chi connectivity index (χ3v) is 4.96. The first-order valence-corrected chi connectivity index (χ1v) is 8.86. The van der Waals surface area contributed by atoms with Crippen molar-refractivity contribution in [3.05, 3.63) is 36.4 Å². The lowest BCUT2D eigenvalue weighted by Gasteiger charge is -2.28. The van der Waals surface area contributed by atoms with Crippen LogP contribution in [0.1, 0.15) is 0 Å². The highest BCUT2D eigenvalue weighted by atomic mass is 32.2. The monoisotopic (exact) mass is 377 g/mol. The molecule has 0 aliphatic carbocycles. The molecule has 1 fully saturated rings. The number of ether oxygens (including phenoxy) is 1. The highest BCUT2D eigenvalue weighted by Crippen LogP contribution is 2.36. The van der Waals surface area contributed by atoms with Crippen LogP contribution in [-0.4, -0.2) is 47.3 Å². The predicted molar refractivity (Wildman–Crippen MR) is 99.6 cm³/mol. The van der Waals surface area contributed by atoms with Gasteiger partial charge in [0, 0.05) is 25.7 Å². The van der Waals surface area contributed by atoms with Gasteiger partial charge in [0.05, 0.1) is 30.0 Å². The first-order valence-electron chi connectivity index (χ1n) is 8.19. The number of morpholine rings is 1. The van der Waals surface area contributed by atoms with Gasteiger partial charge in [-0.05, 0) is 18.2 Å². The van der Waals surface area contributed by atoms with Gasteiger partial charge in [0.25, 0.3) is 0 Å². The zero-order valence-electron chi connectivity index (χ0n) is 14.1. The quantitative estimate of drug-likeness (QED) is 0.751. The van der Waals surface area contributed by atoms with Crippen LogP contribution in [0.5, 0.6) is 0 Å². The number of anilines is 2. The van der Waals surface area contributed by atoms with Gasteiger partial charge >= 0.3 is 0 Å². The van der Waals surface area contributed by atoms with E-state index in [2.05, 4.69) is 20.2 Å². The molecule has 3 aromatic rings. The topological polar surface area (TPSA) is 55.2 Å². The number of rotatable bonds is 4. The van der Waals surface area contributed by atoms with E-state index in [9.17, 15) is 8.28 Å². The molecule has 6 nitrogen and oxygen atoms in total. The summed E-state index contributed by atoms with van der Waals surface area (Å²) >= 11 is 0.0427. The molecule has 0 saturated carbocycles. The number of nitrogens with one attached hydrogen (secondary N) is 1. The summed E-state index contributed by atoms with van der Waals surface area (Å²) in [6, 6.07) is 6.57. The summed E-state index contributed by atoms with van der Waals surface area (Å²) in [5.74, 6) is 0.338. The van der Waals surface area contributed by atoms with Gasteiger partial charge in [-0.3, -0.25) is 0 Å². The van der Waals surface area contributed by atoms with Crippen LogP contribution in [0.3, 0.4) is 0 Å². The maximum Gasteiger partial charge on any atom is 0.171 e. The molecule has 2 aromatic heterocycles. The maximum absolute atomic E-state index is 14.2. The van der Waals surface area contributed by atoms with E-state index in [1.54, 1.807) is 25.2 Å². The van der Waals surface area contributed by atoms with Crippen LogP contribution in [-0.2, 0) is 4.74 Å². The summed E-state index contributed by atoms with van der Waals surface area (Å²) in [4.78, 5) is 10.7. The Hall–Kier alpha value is -2.39. The Kier molecular flexibility index (Phi) is 4.64. The van der Waals surface area contributed by atoms with Crippen molar-refractivity contribution in [2.75, 3.05) is 43.6 Å². The standard InChI is InChI=1S/C17H17F2N5OS/c1-20-14-3-2-11(8-13(14)18)15-9-12-16(23-4-6-25-7-5-23)21-10-22-17(12)24(15)26-19/h2-3,8-10,20H,4-7H2,1H3. The smallest absolute Gasteiger partial charge is 0.171 e. The number of aromatic nitrogens is 3. The SMILES string of the molecule is CNc1ccc(-c2cc3c(N4CCOCC4)ncnc3n2SF)cc1F. The van der Waals surface area contributed by atoms with Gasteiger partial charge in [-0.25, -0.2) is 18.3 Å². The zero-order chi connectivity index (χ0) is 18.1. The second-order valence-corrected chi connectivity index (χ2v) is 6.37. The van der Waals surface area contributed by atoms with Crippen LogP contribution >= 0.6 is 12.3 Å². The van der Waals surface area contributed by atoms with E-state index in [4.69, 9.17) is 4.74 Å². The molecular formula is C17H17F2N5OS. The summed E-state index contributed by atoms with van der Waals surface area (Å²) in [6.07, 6.45) is 1.42. The van der Waals surface area contributed by atoms with Crippen molar-refractivity contribution >= 4 is 34.9 Å². The molecule has 0 radical (unpaired) electrons. The second-order valence-electron chi connectivity index (χ2n) is 5.87. The maximum atomic E-state index is 14.2. The van der Waals surface area contributed by atoms with Gasteiger partial charge < -0.3 is 15.0 Å². The minimum Gasteiger partial charge on any atom is -0.386 e. The van der Waals surface area contributed by atoms with E-state index in [1.165, 1.54) is 16.4 Å². The molecule has 1 aliphatic rings. The molecule has 136 valence electrons. The van der Waals surface area contributed by atoms with Crippen LogP contribution in [0.2, 0.25) is 0 Å². The fourth-order valence-electron chi connectivity index (χ4n) is 3.15. The molecular weight excluding hydrogens is 360 g/mol. The molecule has 9 heteroatoms. The first kappa shape index (κ1) is 17.0. The van der Waals surface area contributed by atoms with Gasteiger partial charge in [0.1, 0.15) is 18.0 Å². The third kappa shape index (κ3) is 2.86. The second kappa shape index (κ2) is 7.08. The number of fused-ring (bicyclic) bond motifs is 1. The van der Waals surface area contributed by atoms with Crippen molar-refractivity contribution in [2.24, 2.45) is 0 Å². The molecule has 0 atom stereocenters. The van der Waals surface area contributed by atoms with E-state index in [-0.39, 0.29) is 12.3 Å². The molecule has 4 rings (SSSR count). The summed E-state index contributed by atoms with van der Waals surface area (Å²) < 4.78 is 34.7. The van der Waals surface area contributed by atoms with Gasteiger partial charge in [-0.2, -0.15) is 0 Å². The summed E-state index contributed by atoms with van der Waals surface area (Å²) in [5.41, 5.74) is 1.95. The molecule has 3 heterocycles. The average molecular weight is 377 g/mol. The zero-order valence-corrected chi connectivity index (χ0v) is 14.9. The normalized spacial score (nSPS) is 14.8. The van der Waals surface area contributed by atoms with Crippen LogP contribution in [0.15, 0.2) is 30.6 Å². The van der Waals surface area contributed by atoms with Crippen molar-refractivity contribution in [3.63, 3.8) is 0 Å². The van der Waals surface area contributed by atoms with Crippen LogP contribution < -0.4 is 10.2 Å². The number of hydrogen-bond acceptors (Lipinski definition) is 6. The van der Waals surface area contributed by atoms with Crippen molar-refractivity contribution in [3.8, 4) is 11.3 Å². The van der Waals surface area contributed by atoms with Crippen molar-refractivity contribution in [1.29, 1.82) is 0 Å². The number of halogens is 2. The minimum atomic E-state index is -0.398. The van der Waals surface area contributed by atoms with Crippen LogP contribution in [0, 0.1) is 5.82 Å². The minimum absolute atomic E-state index is 0.0427. The van der Waals surface area contributed by atoms with Crippen LogP contribution in [0.4, 0.5) is 19.8 Å². The molecule has 0 unspecified atom stereocenters. The summed E-state index contributed by atoms with van der Waals surface area (Å²) in [7, 11) is 1.65. The molecule has 1 aromatic carbocycles. The molecule has 1 aliphatic heterocycles. The molecule has 26 heavy (non-hydrogen) atoms. The lowest BCUT2D eigenvalue weighted by Crippen LogP contribution is -2.36. The Labute approximate surface area is 153 Å². The fourth-order valence-corrected chi connectivity index (χ4v) is 3.60. The molecule has 1 saturated heterocycles. The Bertz CT molecular complexity index is 942. The van der Waals surface area contributed by atoms with E-state index in [0.717, 1.165) is 11.2 Å². The molecule has 0 amide bonds. The van der Waals surface area contributed by atoms with E-state index < -0.39 is 5.82 Å². The fraction of sp³-hybridized carbons (Fsp3) is 0.294. The summed E-state index contributed by atoms with van der Waals surface area (Å²) in [6.45, 7) is 2.66. The van der Waals surface area contributed by atoms with Gasteiger partial charge in [0.15, 0.2) is 18.0 Å². The van der Waals surface area contributed by atoms with Crippen molar-refractivity contribution < 1.29 is 13.0 Å². The van der Waals surface area contributed by atoms with Gasteiger partial charge in [-0.15, -0.1) is 3.89 Å². The predicted octanol–water partition coefficient (Wildman–Crippen LogP) is 3.50. The molecule has 0 spiro atoms. The lowest BCUT2D eigenvalue weighted by molar-refractivity contribution is 0.122. The molecule has 1 N–H and O–H groups in total. The van der Waals surface area contributed by atoms with Gasteiger partial charge in [-0.1, -0.05) is 6.07 Å². The third-order valence-electron chi connectivity index (χ3n) is 4.45. The Morgan fingerprint density at radius 3 is 2.69 bits per heavy atom. The lowest BCUT2D eigenvalue weighted by atomic mass is 10.1. The summed E-state index contributed by atoms with van der Waals surface area (Å²) in [5, 5.41) is 3.51. The number of hydrogen-bond donors (Lipinski definition) is 1. The van der Waals surface area contributed by atoms with E-state index in [1.807, 2.05) is 0 Å². The van der Waals surface area contributed by atoms with Crippen LogP contribution in [0.25, 0.3) is 22.3 Å². The van der Waals surface area contributed by atoms with Crippen molar-refractivity contribution in [2.45, 2.75) is 0 Å². The van der Waals surface area contributed by atoms with E-state index >= 15 is 0 Å². The Morgan fingerprint density at radius 1 is 1.19 bits per heavy atom. The highest BCUT2D eigenvalue weighted by Gasteiger charge is 2.21. The first-order chi connectivity index (χ1) is 12.7. The average Bonchev–Trinajstić information content (AvgIpc) is 3.07. The Balaban J connectivity index is 1.86. The van der Waals surface area contributed by atoms with Gasteiger partial charge in [0.2, 0.25) is 0 Å². The largest absolute Gasteiger partial charge is 0.386 e. The molecule has 0 bridgehead atoms. The number of benzene rings is 1. The highest BCUT2D eigenvalue weighted by molar-refractivity contribution is 7.93. The van der Waals surface area contributed by atoms with Crippen molar-refractivity contribution in [1.82, 2.24) is 13.9 Å². The Morgan fingerprint density at radius 2 is 2.00 bits per heavy atom. The number of nitrogens with zero attached hydrogens (tertiary/aromatic N) is 4. The van der Waals surface area contributed by atoms with E-state index in [0.29, 0.717) is 48.9 Å².